The molecule has 5 nitrogen and oxygen atoms in total. The minimum Gasteiger partial charge on any atom is -0.508 e. The summed E-state index contributed by atoms with van der Waals surface area (Å²) in [7, 11) is 1.37. The number of rotatable bonds is 7. The first-order valence-corrected chi connectivity index (χ1v) is 7.12. The molecule has 5 heteroatoms. The van der Waals surface area contributed by atoms with E-state index < -0.39 is 0 Å². The number of primary amides is 1. The summed E-state index contributed by atoms with van der Waals surface area (Å²) in [4.78, 5) is 20.9. The van der Waals surface area contributed by atoms with Crippen LogP contribution in [-0.4, -0.2) is 24.1 Å². The number of phenolic OH excluding ortho intramolecular Hbond substituents is 1. The van der Waals surface area contributed by atoms with Crippen LogP contribution in [0.25, 0.3) is 0 Å². The maximum Gasteiger partial charge on any atom is 0.305 e. The van der Waals surface area contributed by atoms with Gasteiger partial charge in [-0.3, -0.25) is 9.59 Å². The van der Waals surface area contributed by atoms with Crippen LogP contribution in [0.3, 0.4) is 0 Å². The first-order valence-electron chi connectivity index (χ1n) is 7.12. The predicted octanol–water partition coefficient (Wildman–Crippen LogP) is 2.55. The monoisotopic (exact) mass is 295 g/mol. The second-order valence-electron chi connectivity index (χ2n) is 4.67. The Morgan fingerprint density at radius 1 is 1.14 bits per heavy atom. The highest BCUT2D eigenvalue weighted by Crippen LogP contribution is 2.11. The van der Waals surface area contributed by atoms with Crippen LogP contribution in [0.4, 0.5) is 0 Å². The van der Waals surface area contributed by atoms with E-state index in [0.717, 1.165) is 24.8 Å². The van der Waals surface area contributed by atoms with Crippen LogP contribution in [0.1, 0.15) is 44.6 Å². The summed E-state index contributed by atoms with van der Waals surface area (Å²) < 4.78 is 4.51. The molecule has 0 aromatic heterocycles. The lowest BCUT2D eigenvalue weighted by atomic mass is 10.1. The number of hydrogen-bond donors (Lipinski definition) is 2. The Kier molecular flexibility index (Phi) is 10.6. The van der Waals surface area contributed by atoms with Crippen molar-refractivity contribution >= 4 is 11.9 Å². The Hall–Kier alpha value is -2.04. The van der Waals surface area contributed by atoms with Crippen LogP contribution in [0.2, 0.25) is 0 Å². The number of aromatic hydroxyl groups is 1. The molecule has 118 valence electrons. The largest absolute Gasteiger partial charge is 0.508 e. The van der Waals surface area contributed by atoms with E-state index in [9.17, 15) is 9.59 Å². The molecule has 1 rings (SSSR count). The first kappa shape index (κ1) is 19.0. The molecule has 1 aromatic rings. The lowest BCUT2D eigenvalue weighted by Gasteiger charge is -2.00. The van der Waals surface area contributed by atoms with E-state index in [2.05, 4.69) is 11.7 Å². The van der Waals surface area contributed by atoms with Crippen LogP contribution in [0, 0.1) is 0 Å². The lowest BCUT2D eigenvalue weighted by molar-refractivity contribution is -0.140. The summed E-state index contributed by atoms with van der Waals surface area (Å²) in [6.07, 6.45) is 4.78. The topological polar surface area (TPSA) is 89.6 Å². The highest BCUT2D eigenvalue weighted by Gasteiger charge is 2.00. The summed E-state index contributed by atoms with van der Waals surface area (Å²) in [6.45, 7) is 2.10. The van der Waals surface area contributed by atoms with Gasteiger partial charge in [-0.25, -0.2) is 0 Å². The predicted molar refractivity (Wildman–Crippen MR) is 81.8 cm³/mol. The summed E-state index contributed by atoms with van der Waals surface area (Å²) in [5.74, 6) is -0.159. The quantitative estimate of drug-likeness (QED) is 0.597. The zero-order valence-electron chi connectivity index (χ0n) is 12.8. The van der Waals surface area contributed by atoms with Crippen molar-refractivity contribution in [1.82, 2.24) is 0 Å². The zero-order chi connectivity index (χ0) is 16.1. The number of benzene rings is 1. The molecule has 0 heterocycles. The number of amides is 1. The Balaban J connectivity index is 0.000000433. The highest BCUT2D eigenvalue weighted by molar-refractivity contribution is 5.73. The number of hydrogen-bond acceptors (Lipinski definition) is 4. The van der Waals surface area contributed by atoms with E-state index in [0.29, 0.717) is 19.3 Å². The number of nitrogens with two attached hydrogens (primary N) is 1. The molecule has 21 heavy (non-hydrogen) atoms. The fourth-order valence-corrected chi connectivity index (χ4v) is 1.56. The van der Waals surface area contributed by atoms with Crippen molar-refractivity contribution in [2.75, 3.05) is 7.11 Å². The summed E-state index contributed by atoms with van der Waals surface area (Å²) in [5, 5.41) is 8.99. The SMILES string of the molecule is CCCCCC(N)=O.COC(=O)CCc1ccc(O)cc1. The van der Waals surface area contributed by atoms with Crippen LogP contribution in [0.15, 0.2) is 24.3 Å². The number of unbranched alkanes of at least 4 members (excludes halogenated alkanes) is 2. The standard InChI is InChI=1S/C10H12O3.C6H13NO/c1-13-10(12)7-4-8-2-5-9(11)6-3-8;1-2-3-4-5-6(7)8/h2-3,5-6,11H,4,7H2,1H3;2-5H2,1H3,(H2,7,8). The number of aryl methyl sites for hydroxylation is 1. The van der Waals surface area contributed by atoms with E-state index in [-0.39, 0.29) is 17.6 Å². The van der Waals surface area contributed by atoms with Gasteiger partial charge in [0.2, 0.25) is 5.91 Å². The van der Waals surface area contributed by atoms with Crippen molar-refractivity contribution in [2.24, 2.45) is 5.73 Å². The molecule has 0 spiro atoms. The minimum atomic E-state index is -0.215. The third-order valence-electron chi connectivity index (χ3n) is 2.81. The van der Waals surface area contributed by atoms with E-state index in [1.54, 1.807) is 24.3 Å². The van der Waals surface area contributed by atoms with Gasteiger partial charge in [0, 0.05) is 12.8 Å². The number of phenols is 1. The number of esters is 1. The maximum atomic E-state index is 10.8. The zero-order valence-corrected chi connectivity index (χ0v) is 12.8. The second-order valence-corrected chi connectivity index (χ2v) is 4.67. The second kappa shape index (κ2) is 11.8. The van der Waals surface area contributed by atoms with E-state index in [4.69, 9.17) is 10.8 Å². The summed E-state index contributed by atoms with van der Waals surface area (Å²) in [6, 6.07) is 6.79. The third-order valence-corrected chi connectivity index (χ3v) is 2.81. The molecule has 1 amide bonds. The molecular formula is C16H25NO4. The fraction of sp³-hybridized carbons (Fsp3) is 0.500. The van der Waals surface area contributed by atoms with Gasteiger partial charge in [0.05, 0.1) is 7.11 Å². The van der Waals surface area contributed by atoms with E-state index in [1.807, 2.05) is 0 Å². The molecule has 0 saturated heterocycles. The molecule has 0 atom stereocenters. The lowest BCUT2D eigenvalue weighted by Crippen LogP contribution is -2.09. The molecule has 0 bridgehead atoms. The average Bonchev–Trinajstić information content (AvgIpc) is 2.47. The normalized spacial score (nSPS) is 9.43. The van der Waals surface area contributed by atoms with Crippen molar-refractivity contribution in [3.05, 3.63) is 29.8 Å². The average molecular weight is 295 g/mol. The Labute approximate surface area is 126 Å². The summed E-state index contributed by atoms with van der Waals surface area (Å²) in [5.41, 5.74) is 5.91. The van der Waals surface area contributed by atoms with E-state index in [1.165, 1.54) is 7.11 Å². The molecule has 3 N–H and O–H groups in total. The van der Waals surface area contributed by atoms with Gasteiger partial charge in [0.15, 0.2) is 0 Å². The molecule has 0 aliphatic heterocycles. The number of carbonyl (C=O) groups is 2. The van der Waals surface area contributed by atoms with Crippen molar-refractivity contribution in [3.8, 4) is 5.75 Å². The van der Waals surface area contributed by atoms with Crippen molar-refractivity contribution in [1.29, 1.82) is 0 Å². The smallest absolute Gasteiger partial charge is 0.305 e. The van der Waals surface area contributed by atoms with Crippen molar-refractivity contribution in [3.63, 3.8) is 0 Å². The van der Waals surface area contributed by atoms with Gasteiger partial charge in [0.25, 0.3) is 0 Å². The van der Waals surface area contributed by atoms with Crippen molar-refractivity contribution < 1.29 is 19.4 Å². The number of ether oxygens (including phenoxy) is 1. The van der Waals surface area contributed by atoms with Crippen LogP contribution < -0.4 is 5.73 Å². The Morgan fingerprint density at radius 3 is 2.24 bits per heavy atom. The van der Waals surface area contributed by atoms with Crippen LogP contribution in [0.5, 0.6) is 5.75 Å². The molecule has 0 aliphatic rings. The first-order chi connectivity index (χ1) is 9.99. The van der Waals surface area contributed by atoms with Crippen molar-refractivity contribution in [2.45, 2.75) is 45.4 Å². The number of methoxy groups -OCH3 is 1. The third kappa shape index (κ3) is 11.5. The molecule has 0 fully saturated rings. The molecule has 0 radical (unpaired) electrons. The van der Waals surface area contributed by atoms with Crippen LogP contribution >= 0.6 is 0 Å². The Bertz CT molecular complexity index is 415. The van der Waals surface area contributed by atoms with E-state index >= 15 is 0 Å². The number of carbonyl (C=O) groups excluding carboxylic acids is 2. The van der Waals surface area contributed by atoms with Gasteiger partial charge in [-0.1, -0.05) is 31.9 Å². The van der Waals surface area contributed by atoms with Gasteiger partial charge in [-0.15, -0.1) is 0 Å². The molecule has 1 aromatic carbocycles. The van der Waals surface area contributed by atoms with Gasteiger partial charge >= 0.3 is 5.97 Å². The van der Waals surface area contributed by atoms with Gasteiger partial charge in [-0.2, -0.15) is 0 Å². The van der Waals surface area contributed by atoms with Gasteiger partial charge < -0.3 is 15.6 Å². The minimum absolute atomic E-state index is 0.182. The molecule has 0 saturated carbocycles. The molecule has 0 unspecified atom stereocenters. The fourth-order valence-electron chi connectivity index (χ4n) is 1.56. The summed E-state index contributed by atoms with van der Waals surface area (Å²) >= 11 is 0. The molecular weight excluding hydrogens is 270 g/mol. The highest BCUT2D eigenvalue weighted by atomic mass is 16.5. The van der Waals surface area contributed by atoms with Crippen LogP contribution in [-0.2, 0) is 20.7 Å². The van der Waals surface area contributed by atoms with Gasteiger partial charge in [0.1, 0.15) is 5.75 Å². The maximum absolute atomic E-state index is 10.8. The Morgan fingerprint density at radius 2 is 1.76 bits per heavy atom. The molecule has 0 aliphatic carbocycles. The van der Waals surface area contributed by atoms with Gasteiger partial charge in [-0.05, 0) is 30.5 Å².